The molecule has 0 radical (unpaired) electrons. The van der Waals surface area contributed by atoms with Crippen molar-refractivity contribution in [3.8, 4) is 5.75 Å². The van der Waals surface area contributed by atoms with Crippen LogP contribution in [-0.2, 0) is 19.5 Å². The highest BCUT2D eigenvalue weighted by Crippen LogP contribution is 2.35. The van der Waals surface area contributed by atoms with Gasteiger partial charge in [-0.05, 0) is 48.2 Å². The van der Waals surface area contributed by atoms with Crippen LogP contribution < -0.4 is 27.0 Å². The molecule has 0 amide bonds. The van der Waals surface area contributed by atoms with Crippen LogP contribution in [0.5, 0.6) is 5.75 Å². The van der Waals surface area contributed by atoms with Gasteiger partial charge in [-0.25, -0.2) is 27.3 Å². The molecule has 38 heavy (non-hydrogen) atoms. The fourth-order valence-electron chi connectivity index (χ4n) is 4.13. The Bertz CT molecular complexity index is 1710. The second-order valence-electron chi connectivity index (χ2n) is 8.59. The van der Waals surface area contributed by atoms with Crippen LogP contribution >= 0.6 is 11.6 Å². The van der Waals surface area contributed by atoms with Gasteiger partial charge in [0.2, 0.25) is 5.95 Å². The summed E-state index contributed by atoms with van der Waals surface area (Å²) < 4.78 is 48.6. The normalized spacial score (nSPS) is 12.6. The molecule has 3 heterocycles. The third-order valence-electron chi connectivity index (χ3n) is 6.01. The SMILES string of the molecule is O=c1[nH]cccc1Cn1c(=O)nc(Nc2cc3c(cc2Cl)OCCC3)n(Cc2cc(F)c(F)c(F)c2)c1=O. The number of nitrogens with one attached hydrogen (secondary N) is 2. The van der Waals surface area contributed by atoms with Gasteiger partial charge < -0.3 is 15.0 Å². The molecule has 9 nitrogen and oxygen atoms in total. The van der Waals surface area contributed by atoms with Gasteiger partial charge in [0.05, 0.1) is 30.4 Å². The predicted octanol–water partition coefficient (Wildman–Crippen LogP) is 3.33. The first-order chi connectivity index (χ1) is 18.2. The number of nitrogens with zero attached hydrogens (tertiary/aromatic N) is 3. The van der Waals surface area contributed by atoms with Gasteiger partial charge in [-0.1, -0.05) is 17.7 Å². The van der Waals surface area contributed by atoms with E-state index in [-0.39, 0.29) is 22.1 Å². The van der Waals surface area contributed by atoms with E-state index in [1.165, 1.54) is 18.3 Å². The first kappa shape index (κ1) is 25.3. The number of hydrogen-bond acceptors (Lipinski definition) is 6. The smallest absolute Gasteiger partial charge is 0.355 e. The molecule has 1 aliphatic heterocycles. The average Bonchev–Trinajstić information content (AvgIpc) is 2.88. The number of anilines is 2. The van der Waals surface area contributed by atoms with Gasteiger partial charge in [-0.15, -0.1) is 0 Å². The Hall–Kier alpha value is -4.32. The number of pyridine rings is 1. The minimum Gasteiger partial charge on any atom is -0.493 e. The number of H-pyrrole nitrogens is 1. The molecule has 2 N–H and O–H groups in total. The van der Waals surface area contributed by atoms with Gasteiger partial charge in [0.1, 0.15) is 5.75 Å². The number of hydrogen-bond donors (Lipinski definition) is 2. The summed E-state index contributed by atoms with van der Waals surface area (Å²) in [5.41, 5.74) is -1.28. The molecule has 2 aromatic heterocycles. The van der Waals surface area contributed by atoms with Crippen LogP contribution in [0.15, 0.2) is 57.0 Å². The number of fused-ring (bicyclic) bond motifs is 1. The van der Waals surface area contributed by atoms with Crippen LogP contribution in [0.25, 0.3) is 0 Å². The number of rotatable bonds is 6. The van der Waals surface area contributed by atoms with Crippen LogP contribution in [0.1, 0.15) is 23.1 Å². The third-order valence-corrected chi connectivity index (χ3v) is 6.32. The van der Waals surface area contributed by atoms with E-state index in [9.17, 15) is 27.6 Å². The lowest BCUT2D eigenvalue weighted by atomic mass is 10.1. The van der Waals surface area contributed by atoms with E-state index in [0.29, 0.717) is 29.0 Å². The molecular formula is C25H19ClF3N5O4. The minimum atomic E-state index is -1.66. The summed E-state index contributed by atoms with van der Waals surface area (Å²) in [5.74, 6) is -4.22. The zero-order valence-electron chi connectivity index (χ0n) is 19.6. The lowest BCUT2D eigenvalue weighted by Gasteiger charge is -2.20. The first-order valence-corrected chi connectivity index (χ1v) is 11.8. The Labute approximate surface area is 217 Å². The fourth-order valence-corrected chi connectivity index (χ4v) is 4.33. The molecule has 13 heteroatoms. The van der Waals surface area contributed by atoms with E-state index in [2.05, 4.69) is 15.3 Å². The fraction of sp³-hybridized carbons (Fsp3) is 0.200. The lowest BCUT2D eigenvalue weighted by molar-refractivity contribution is 0.288. The maximum Gasteiger partial charge on any atom is 0.355 e. The number of ether oxygens (including phenoxy) is 1. The van der Waals surface area contributed by atoms with Crippen LogP contribution in [-0.4, -0.2) is 25.7 Å². The average molecular weight is 546 g/mol. The number of aromatic nitrogens is 4. The van der Waals surface area contributed by atoms with E-state index in [4.69, 9.17) is 16.3 Å². The summed E-state index contributed by atoms with van der Waals surface area (Å²) in [6.45, 7) is -0.353. The maximum atomic E-state index is 13.9. The third kappa shape index (κ3) is 4.94. The zero-order valence-corrected chi connectivity index (χ0v) is 20.3. The number of halogens is 4. The molecule has 0 fully saturated rings. The highest BCUT2D eigenvalue weighted by molar-refractivity contribution is 6.33. The largest absolute Gasteiger partial charge is 0.493 e. The van der Waals surface area contributed by atoms with Crippen LogP contribution in [0.3, 0.4) is 0 Å². The molecule has 5 rings (SSSR count). The van der Waals surface area contributed by atoms with Crippen molar-refractivity contribution < 1.29 is 17.9 Å². The van der Waals surface area contributed by atoms with Crippen LogP contribution in [0, 0.1) is 17.5 Å². The van der Waals surface area contributed by atoms with Crippen molar-refractivity contribution in [3.05, 3.63) is 113 Å². The van der Waals surface area contributed by atoms with E-state index in [0.717, 1.165) is 28.7 Å². The van der Waals surface area contributed by atoms with E-state index in [1.807, 2.05) is 0 Å². The Morgan fingerprint density at radius 3 is 2.55 bits per heavy atom. The maximum absolute atomic E-state index is 13.9. The minimum absolute atomic E-state index is 0.109. The molecule has 2 aromatic carbocycles. The quantitative estimate of drug-likeness (QED) is 0.360. The molecular weight excluding hydrogens is 527 g/mol. The summed E-state index contributed by atoms with van der Waals surface area (Å²) >= 11 is 6.40. The van der Waals surface area contributed by atoms with Crippen molar-refractivity contribution in [1.82, 2.24) is 19.1 Å². The zero-order chi connectivity index (χ0) is 27.0. The highest BCUT2D eigenvalue weighted by Gasteiger charge is 2.20. The lowest BCUT2D eigenvalue weighted by Crippen LogP contribution is -2.43. The predicted molar refractivity (Wildman–Crippen MR) is 133 cm³/mol. The molecule has 0 atom stereocenters. The Morgan fingerprint density at radius 2 is 1.82 bits per heavy atom. The molecule has 0 saturated heterocycles. The molecule has 4 aromatic rings. The number of aromatic amines is 1. The Kier molecular flexibility index (Phi) is 6.81. The van der Waals surface area contributed by atoms with Gasteiger partial charge in [-0.2, -0.15) is 4.98 Å². The van der Waals surface area contributed by atoms with Gasteiger partial charge in [0.25, 0.3) is 5.56 Å². The molecule has 0 unspecified atom stereocenters. The van der Waals surface area contributed by atoms with Crippen LogP contribution in [0.4, 0.5) is 24.8 Å². The van der Waals surface area contributed by atoms with Crippen molar-refractivity contribution in [2.75, 3.05) is 11.9 Å². The first-order valence-electron chi connectivity index (χ1n) is 11.4. The van der Waals surface area contributed by atoms with Crippen molar-refractivity contribution >= 4 is 23.2 Å². The van der Waals surface area contributed by atoms with Crippen molar-refractivity contribution in [2.24, 2.45) is 0 Å². The molecule has 0 bridgehead atoms. The molecule has 0 aliphatic carbocycles. The summed E-state index contributed by atoms with van der Waals surface area (Å²) in [4.78, 5) is 44.9. The van der Waals surface area contributed by atoms with E-state index in [1.54, 1.807) is 12.1 Å². The van der Waals surface area contributed by atoms with Gasteiger partial charge in [0.15, 0.2) is 17.5 Å². The van der Waals surface area contributed by atoms with Gasteiger partial charge >= 0.3 is 11.4 Å². The summed E-state index contributed by atoms with van der Waals surface area (Å²) in [6, 6.07) is 7.70. The van der Waals surface area contributed by atoms with E-state index < -0.39 is 47.5 Å². The molecule has 0 spiro atoms. The second kappa shape index (κ2) is 10.2. The van der Waals surface area contributed by atoms with Crippen molar-refractivity contribution in [3.63, 3.8) is 0 Å². The van der Waals surface area contributed by atoms with E-state index >= 15 is 0 Å². The standard InChI is InChI=1S/C25H19ClF3N5O4/c26-16-10-20-14(4-2-6-38-20)9-19(16)31-23-32-24(36)34(12-15-3-1-5-30-22(15)35)25(37)33(23)11-13-7-17(27)21(29)18(28)8-13/h1,3,5,7-10H,2,4,6,11-12H2,(H,30,35)(H,31,32,36). The van der Waals surface area contributed by atoms with Crippen molar-refractivity contribution in [1.29, 1.82) is 0 Å². The Morgan fingerprint density at radius 1 is 1.05 bits per heavy atom. The van der Waals surface area contributed by atoms with Gasteiger partial charge in [-0.3, -0.25) is 9.36 Å². The summed E-state index contributed by atoms with van der Waals surface area (Å²) in [7, 11) is 0. The topological polar surface area (TPSA) is 111 Å². The number of aryl methyl sites for hydroxylation is 1. The highest BCUT2D eigenvalue weighted by atomic mass is 35.5. The molecule has 1 aliphatic rings. The monoisotopic (exact) mass is 545 g/mol. The molecule has 196 valence electrons. The number of benzene rings is 2. The Balaban J connectivity index is 1.63. The van der Waals surface area contributed by atoms with Gasteiger partial charge in [0, 0.05) is 17.8 Å². The molecule has 0 saturated carbocycles. The second-order valence-corrected chi connectivity index (χ2v) is 8.99. The summed E-state index contributed by atoms with van der Waals surface area (Å²) in [6.07, 6.45) is 2.89. The summed E-state index contributed by atoms with van der Waals surface area (Å²) in [5, 5.41) is 3.07. The van der Waals surface area contributed by atoms with Crippen molar-refractivity contribution in [2.45, 2.75) is 25.9 Å². The van der Waals surface area contributed by atoms with Crippen LogP contribution in [0.2, 0.25) is 5.02 Å².